The first-order valence-corrected chi connectivity index (χ1v) is 6.97. The van der Waals surface area contributed by atoms with Gasteiger partial charge in [0.15, 0.2) is 0 Å². The van der Waals surface area contributed by atoms with Gasteiger partial charge in [-0.25, -0.2) is 9.18 Å². The lowest BCUT2D eigenvalue weighted by Crippen LogP contribution is -2.11. The van der Waals surface area contributed by atoms with Gasteiger partial charge in [-0.1, -0.05) is 26.0 Å². The van der Waals surface area contributed by atoms with E-state index in [2.05, 4.69) is 4.98 Å². The van der Waals surface area contributed by atoms with Crippen molar-refractivity contribution in [1.29, 1.82) is 0 Å². The molecule has 0 atom stereocenters. The molecule has 0 radical (unpaired) electrons. The standard InChI is InChI=1S/C17H18FNO2/c1-4-21-17(20)13-9-10-15(19-16(13)11(2)3)12-7-5-6-8-14(12)18/h5-11H,4H2,1-3H3. The third-order valence-corrected chi connectivity index (χ3v) is 3.12. The smallest absolute Gasteiger partial charge is 0.339 e. The fourth-order valence-corrected chi connectivity index (χ4v) is 2.12. The minimum absolute atomic E-state index is 0.0381. The van der Waals surface area contributed by atoms with Gasteiger partial charge in [0.25, 0.3) is 0 Å². The van der Waals surface area contributed by atoms with Crippen molar-refractivity contribution in [3.8, 4) is 11.3 Å². The van der Waals surface area contributed by atoms with Crippen LogP contribution in [0, 0.1) is 5.82 Å². The summed E-state index contributed by atoms with van der Waals surface area (Å²) in [5.41, 5.74) is 2.00. The molecule has 0 spiro atoms. The molecular weight excluding hydrogens is 269 g/mol. The summed E-state index contributed by atoms with van der Waals surface area (Å²) in [6.07, 6.45) is 0. The summed E-state index contributed by atoms with van der Waals surface area (Å²) in [4.78, 5) is 16.4. The minimum Gasteiger partial charge on any atom is -0.462 e. The summed E-state index contributed by atoms with van der Waals surface area (Å²) in [6, 6.07) is 9.76. The van der Waals surface area contributed by atoms with Gasteiger partial charge in [-0.15, -0.1) is 0 Å². The molecular formula is C17H18FNO2. The zero-order chi connectivity index (χ0) is 15.4. The highest BCUT2D eigenvalue weighted by atomic mass is 19.1. The quantitative estimate of drug-likeness (QED) is 0.792. The molecule has 0 saturated heterocycles. The molecule has 1 aromatic carbocycles. The average molecular weight is 287 g/mol. The van der Waals surface area contributed by atoms with E-state index in [-0.39, 0.29) is 11.7 Å². The van der Waals surface area contributed by atoms with E-state index in [9.17, 15) is 9.18 Å². The average Bonchev–Trinajstić information content (AvgIpc) is 2.47. The second-order valence-corrected chi connectivity index (χ2v) is 4.98. The first-order valence-electron chi connectivity index (χ1n) is 6.97. The van der Waals surface area contributed by atoms with Gasteiger partial charge < -0.3 is 4.74 Å². The summed E-state index contributed by atoms with van der Waals surface area (Å²) in [6.45, 7) is 5.95. The molecule has 1 aromatic heterocycles. The third-order valence-electron chi connectivity index (χ3n) is 3.12. The number of carbonyl (C=O) groups excluding carboxylic acids is 1. The van der Waals surface area contributed by atoms with Crippen LogP contribution in [0.2, 0.25) is 0 Å². The molecule has 21 heavy (non-hydrogen) atoms. The van der Waals surface area contributed by atoms with Gasteiger partial charge in [0.1, 0.15) is 5.82 Å². The molecule has 4 heteroatoms. The number of nitrogens with zero attached hydrogens (tertiary/aromatic N) is 1. The van der Waals surface area contributed by atoms with Gasteiger partial charge in [-0.05, 0) is 37.1 Å². The summed E-state index contributed by atoms with van der Waals surface area (Å²) in [5, 5.41) is 0. The van der Waals surface area contributed by atoms with E-state index in [0.717, 1.165) is 0 Å². The molecule has 2 aromatic rings. The Bertz CT molecular complexity index is 653. The van der Waals surface area contributed by atoms with Crippen molar-refractivity contribution in [1.82, 2.24) is 4.98 Å². The predicted molar refractivity (Wildman–Crippen MR) is 79.7 cm³/mol. The fraction of sp³-hybridized carbons (Fsp3) is 0.294. The Labute approximate surface area is 123 Å². The van der Waals surface area contributed by atoms with Crippen LogP contribution in [-0.2, 0) is 4.74 Å². The minimum atomic E-state index is -0.395. The lowest BCUT2D eigenvalue weighted by molar-refractivity contribution is 0.0524. The number of pyridine rings is 1. The van der Waals surface area contributed by atoms with Crippen LogP contribution in [0.4, 0.5) is 4.39 Å². The first kappa shape index (κ1) is 15.2. The number of benzene rings is 1. The Balaban J connectivity index is 2.51. The van der Waals surface area contributed by atoms with Crippen LogP contribution >= 0.6 is 0 Å². The molecule has 0 aliphatic heterocycles. The summed E-state index contributed by atoms with van der Waals surface area (Å²) >= 11 is 0. The molecule has 2 rings (SSSR count). The predicted octanol–water partition coefficient (Wildman–Crippen LogP) is 4.19. The van der Waals surface area contributed by atoms with Gasteiger partial charge >= 0.3 is 5.97 Å². The molecule has 0 saturated carbocycles. The van der Waals surface area contributed by atoms with Crippen LogP contribution < -0.4 is 0 Å². The maximum atomic E-state index is 13.9. The van der Waals surface area contributed by atoms with E-state index in [0.29, 0.717) is 29.1 Å². The van der Waals surface area contributed by atoms with E-state index < -0.39 is 5.97 Å². The van der Waals surface area contributed by atoms with Gasteiger partial charge in [-0.2, -0.15) is 0 Å². The van der Waals surface area contributed by atoms with Crippen LogP contribution in [0.1, 0.15) is 42.7 Å². The zero-order valence-electron chi connectivity index (χ0n) is 12.4. The monoisotopic (exact) mass is 287 g/mol. The van der Waals surface area contributed by atoms with E-state index >= 15 is 0 Å². The maximum absolute atomic E-state index is 13.9. The van der Waals surface area contributed by atoms with Crippen LogP contribution in [0.5, 0.6) is 0 Å². The molecule has 110 valence electrons. The Morgan fingerprint density at radius 1 is 1.24 bits per heavy atom. The van der Waals surface area contributed by atoms with Crippen molar-refractivity contribution < 1.29 is 13.9 Å². The van der Waals surface area contributed by atoms with Crippen molar-refractivity contribution in [2.45, 2.75) is 26.7 Å². The fourth-order valence-electron chi connectivity index (χ4n) is 2.12. The Morgan fingerprint density at radius 2 is 1.95 bits per heavy atom. The number of carbonyl (C=O) groups is 1. The van der Waals surface area contributed by atoms with E-state index in [4.69, 9.17) is 4.74 Å². The van der Waals surface area contributed by atoms with E-state index in [1.165, 1.54) is 6.07 Å². The van der Waals surface area contributed by atoms with Crippen LogP contribution in [0.3, 0.4) is 0 Å². The van der Waals surface area contributed by atoms with E-state index in [1.807, 2.05) is 13.8 Å². The Kier molecular flexibility index (Phi) is 4.68. The van der Waals surface area contributed by atoms with Gasteiger partial charge in [-0.3, -0.25) is 4.98 Å². The second kappa shape index (κ2) is 6.48. The van der Waals surface area contributed by atoms with Gasteiger partial charge in [0.05, 0.1) is 23.6 Å². The van der Waals surface area contributed by atoms with Crippen LogP contribution in [-0.4, -0.2) is 17.6 Å². The second-order valence-electron chi connectivity index (χ2n) is 4.98. The van der Waals surface area contributed by atoms with Gasteiger partial charge in [0.2, 0.25) is 0 Å². The van der Waals surface area contributed by atoms with Crippen molar-refractivity contribution >= 4 is 5.97 Å². The first-order chi connectivity index (χ1) is 10.0. The SMILES string of the molecule is CCOC(=O)c1ccc(-c2ccccc2F)nc1C(C)C. The van der Waals surface area contributed by atoms with Crippen molar-refractivity contribution in [2.24, 2.45) is 0 Å². The highest BCUT2D eigenvalue weighted by molar-refractivity contribution is 5.91. The highest BCUT2D eigenvalue weighted by Crippen LogP contribution is 2.25. The molecule has 0 unspecified atom stereocenters. The summed E-state index contributed by atoms with van der Waals surface area (Å²) in [7, 11) is 0. The summed E-state index contributed by atoms with van der Waals surface area (Å²) in [5.74, 6) is -0.687. The van der Waals surface area contributed by atoms with Crippen LogP contribution in [0.15, 0.2) is 36.4 Å². The third kappa shape index (κ3) is 3.27. The molecule has 0 bridgehead atoms. The molecule has 0 aliphatic carbocycles. The normalized spacial score (nSPS) is 10.7. The number of rotatable bonds is 4. The number of esters is 1. The molecule has 0 N–H and O–H groups in total. The van der Waals surface area contributed by atoms with Crippen molar-refractivity contribution in [2.75, 3.05) is 6.61 Å². The van der Waals surface area contributed by atoms with Crippen LogP contribution in [0.25, 0.3) is 11.3 Å². The number of halogens is 1. The Morgan fingerprint density at radius 3 is 2.57 bits per heavy atom. The highest BCUT2D eigenvalue weighted by Gasteiger charge is 2.18. The molecule has 0 amide bonds. The Hall–Kier alpha value is -2.23. The van der Waals surface area contributed by atoms with Gasteiger partial charge in [0, 0.05) is 5.56 Å². The molecule has 0 aliphatic rings. The lowest BCUT2D eigenvalue weighted by Gasteiger charge is -2.13. The number of aromatic nitrogens is 1. The lowest BCUT2D eigenvalue weighted by atomic mass is 10.0. The molecule has 0 fully saturated rings. The van der Waals surface area contributed by atoms with Crippen molar-refractivity contribution in [3.05, 3.63) is 53.5 Å². The molecule has 1 heterocycles. The number of ether oxygens (including phenoxy) is 1. The van der Waals surface area contributed by atoms with E-state index in [1.54, 1.807) is 37.3 Å². The summed E-state index contributed by atoms with van der Waals surface area (Å²) < 4.78 is 18.9. The number of hydrogen-bond acceptors (Lipinski definition) is 3. The topological polar surface area (TPSA) is 39.2 Å². The largest absolute Gasteiger partial charge is 0.462 e. The molecule has 3 nitrogen and oxygen atoms in total. The maximum Gasteiger partial charge on any atom is 0.339 e. The number of hydrogen-bond donors (Lipinski definition) is 0. The van der Waals surface area contributed by atoms with Crippen molar-refractivity contribution in [3.63, 3.8) is 0 Å². The zero-order valence-corrected chi connectivity index (χ0v) is 12.4.